The van der Waals surface area contributed by atoms with Crippen LogP contribution < -0.4 is 4.74 Å². The molecule has 4 heterocycles. The maximum absolute atomic E-state index is 14.6. The molecule has 1 saturated heterocycles. The van der Waals surface area contributed by atoms with E-state index in [2.05, 4.69) is 0 Å². The van der Waals surface area contributed by atoms with Crippen LogP contribution in [0.5, 0.6) is 69.0 Å². The van der Waals surface area contributed by atoms with Crippen molar-refractivity contribution in [2.75, 3.05) is 6.61 Å². The Bertz CT molecular complexity index is 3020. The standard InChI is InChI=1S/C41H28O27/c42-13-1-8(2-14(43)24(13)48)34(54)67-39-33-32-30(64-38(58)12-6-19(47)41(61)40(59,60)23(12)22-11(37(57)66-33)5-17(46)27(51)31(22)68-41)18(63-39)7-62-35(55)9-3-15(44)25(49)28(52)20(9)21-10(36(56)65-32)4-16(45)26(50)29(21)53/h1-6,18,23,30,32-33,39,42-46,48-53,59-61H,7H2/t18-,23-,30+,32-,33-,39-,41-/m0/s1. The van der Waals surface area contributed by atoms with Crippen LogP contribution >= 0.6 is 0 Å². The number of ether oxygens (including phenoxy) is 7. The lowest BCUT2D eigenvalue weighted by Crippen LogP contribution is -2.70. The summed E-state index contributed by atoms with van der Waals surface area (Å²) in [5, 5.41) is 150. The first kappa shape index (κ1) is 44.3. The summed E-state index contributed by atoms with van der Waals surface area (Å²) in [5.74, 6) is -36.5. The summed E-state index contributed by atoms with van der Waals surface area (Å²) in [4.78, 5) is 84.8. The fourth-order valence-corrected chi connectivity index (χ4v) is 8.25. The highest BCUT2D eigenvalue weighted by molar-refractivity contribution is 6.10. The zero-order valence-corrected chi connectivity index (χ0v) is 33.2. The van der Waals surface area contributed by atoms with E-state index in [1.165, 1.54) is 0 Å². The van der Waals surface area contributed by atoms with Gasteiger partial charge in [-0.05, 0) is 36.4 Å². The molecule has 1 aliphatic carbocycles. The van der Waals surface area contributed by atoms with Crippen LogP contribution in [0.1, 0.15) is 52.9 Å². The molecule has 0 aromatic heterocycles. The van der Waals surface area contributed by atoms with Crippen LogP contribution in [0.25, 0.3) is 11.1 Å². The Morgan fingerprint density at radius 3 is 1.68 bits per heavy atom. The number of hydrogen-bond donors (Lipinski definition) is 14. The van der Waals surface area contributed by atoms with Crippen LogP contribution in [-0.4, -0.2) is 156 Å². The lowest BCUT2D eigenvalue weighted by atomic mass is 9.70. The number of hydrogen-bond acceptors (Lipinski definition) is 27. The van der Waals surface area contributed by atoms with E-state index in [0.717, 1.165) is 0 Å². The number of phenols is 11. The van der Waals surface area contributed by atoms with Crippen molar-refractivity contribution in [3.05, 3.63) is 69.8 Å². The van der Waals surface area contributed by atoms with Crippen molar-refractivity contribution in [2.45, 2.75) is 48.2 Å². The molecule has 4 aliphatic heterocycles. The largest absolute Gasteiger partial charge is 0.504 e. The first-order valence-corrected chi connectivity index (χ1v) is 19.1. The molecule has 68 heavy (non-hydrogen) atoms. The van der Waals surface area contributed by atoms with Crippen molar-refractivity contribution in [2.24, 2.45) is 0 Å². The molecule has 1 fully saturated rings. The predicted molar refractivity (Wildman–Crippen MR) is 204 cm³/mol. The average Bonchev–Trinajstić information content (AvgIpc) is 3.28. The first-order valence-electron chi connectivity index (χ1n) is 19.1. The molecule has 0 amide bonds. The fraction of sp³-hybridized carbons (Fsp3) is 0.220. The molecule has 0 radical (unpaired) electrons. The Hall–Kier alpha value is -8.92. The second-order valence-corrected chi connectivity index (χ2v) is 15.5. The van der Waals surface area contributed by atoms with Crippen LogP contribution in [0, 0.1) is 0 Å². The molecular weight excluding hydrogens is 924 g/mol. The van der Waals surface area contributed by atoms with Gasteiger partial charge in [0.25, 0.3) is 5.79 Å². The minimum atomic E-state index is -3.98. The van der Waals surface area contributed by atoms with Crippen molar-refractivity contribution in [3.8, 4) is 80.1 Å². The lowest BCUT2D eigenvalue weighted by molar-refractivity contribution is -0.339. The molecule has 9 rings (SSSR count). The van der Waals surface area contributed by atoms with Crippen molar-refractivity contribution < 1.29 is 133 Å². The number of aromatic hydroxyl groups is 11. The predicted octanol–water partition coefficient (Wildman–Crippen LogP) is -1.10. The van der Waals surface area contributed by atoms with E-state index < -0.39 is 204 Å². The molecule has 27 heteroatoms. The molecule has 4 aromatic carbocycles. The molecule has 4 aromatic rings. The quantitative estimate of drug-likeness (QED) is 0.0491. The van der Waals surface area contributed by atoms with Gasteiger partial charge in [0, 0.05) is 16.7 Å². The third-order valence-electron chi connectivity index (χ3n) is 11.5. The maximum atomic E-state index is 14.6. The Morgan fingerprint density at radius 2 is 1.07 bits per heavy atom. The van der Waals surface area contributed by atoms with Crippen LogP contribution in [0.4, 0.5) is 0 Å². The first-order chi connectivity index (χ1) is 31.9. The molecule has 354 valence electrons. The van der Waals surface area contributed by atoms with E-state index >= 15 is 0 Å². The Morgan fingerprint density at radius 1 is 0.574 bits per heavy atom. The van der Waals surface area contributed by atoms with Crippen molar-refractivity contribution in [1.29, 1.82) is 0 Å². The maximum Gasteiger partial charge on any atom is 0.340 e. The molecular formula is C41H28O27. The van der Waals surface area contributed by atoms with E-state index in [9.17, 15) is 100 Å². The summed E-state index contributed by atoms with van der Waals surface area (Å²) in [6.07, 6.45) is -12.1. The number of phenolic OH excluding ortho intramolecular Hbond substituents is 11. The summed E-state index contributed by atoms with van der Waals surface area (Å²) >= 11 is 0. The van der Waals surface area contributed by atoms with Gasteiger partial charge in [-0.15, -0.1) is 0 Å². The van der Waals surface area contributed by atoms with Gasteiger partial charge in [-0.2, -0.15) is 0 Å². The van der Waals surface area contributed by atoms with Gasteiger partial charge < -0.3 is 105 Å². The second kappa shape index (κ2) is 14.8. The van der Waals surface area contributed by atoms with Gasteiger partial charge in [0.2, 0.25) is 35.4 Å². The van der Waals surface area contributed by atoms with Gasteiger partial charge in [-0.1, -0.05) is 0 Å². The number of cyclic esters (lactones) is 1. The van der Waals surface area contributed by atoms with Gasteiger partial charge in [0.1, 0.15) is 12.7 Å². The molecule has 5 aliphatic rings. The summed E-state index contributed by atoms with van der Waals surface area (Å²) in [5.41, 5.74) is -8.48. The number of carbonyl (C=O) groups is 6. The number of rotatable bonds is 2. The molecule has 6 bridgehead atoms. The van der Waals surface area contributed by atoms with Gasteiger partial charge >= 0.3 is 35.6 Å². The summed E-state index contributed by atoms with van der Waals surface area (Å²) in [7, 11) is 0. The number of benzene rings is 4. The minimum Gasteiger partial charge on any atom is -0.504 e. The number of carbonyl (C=O) groups excluding carboxylic acids is 6. The summed E-state index contributed by atoms with van der Waals surface area (Å²) < 4.78 is 38.9. The van der Waals surface area contributed by atoms with Crippen molar-refractivity contribution in [3.63, 3.8) is 0 Å². The average molecular weight is 953 g/mol. The van der Waals surface area contributed by atoms with Crippen molar-refractivity contribution in [1.82, 2.24) is 0 Å². The zero-order valence-electron chi connectivity index (χ0n) is 33.2. The van der Waals surface area contributed by atoms with E-state index in [-0.39, 0.29) is 6.08 Å². The van der Waals surface area contributed by atoms with E-state index in [4.69, 9.17) is 33.2 Å². The summed E-state index contributed by atoms with van der Waals surface area (Å²) in [6, 6.07) is 2.32. The van der Waals surface area contributed by atoms with Crippen LogP contribution in [0.15, 0.2) is 42.0 Å². The van der Waals surface area contributed by atoms with E-state index in [1.807, 2.05) is 0 Å². The van der Waals surface area contributed by atoms with Crippen LogP contribution in [-0.2, 0) is 38.0 Å². The van der Waals surface area contributed by atoms with Crippen LogP contribution in [0.3, 0.4) is 0 Å². The third-order valence-corrected chi connectivity index (χ3v) is 11.5. The van der Waals surface area contributed by atoms with E-state index in [1.54, 1.807) is 0 Å². The van der Waals surface area contributed by atoms with Gasteiger partial charge in [-0.3, -0.25) is 4.79 Å². The lowest BCUT2D eigenvalue weighted by Gasteiger charge is -2.49. The fourth-order valence-electron chi connectivity index (χ4n) is 8.25. The smallest absolute Gasteiger partial charge is 0.340 e. The second-order valence-electron chi connectivity index (χ2n) is 15.5. The minimum absolute atomic E-state index is 0.264. The van der Waals surface area contributed by atoms with Gasteiger partial charge in [-0.25, -0.2) is 24.0 Å². The number of esters is 5. The molecule has 14 N–H and O–H groups in total. The molecule has 27 nitrogen and oxygen atoms in total. The Balaban J connectivity index is 1.30. The third kappa shape index (κ3) is 6.21. The normalized spacial score (nSPS) is 25.7. The van der Waals surface area contributed by atoms with Gasteiger partial charge in [0.05, 0.1) is 33.7 Å². The highest BCUT2D eigenvalue weighted by atomic mass is 16.8. The number of fused-ring (bicyclic) bond motifs is 4. The molecule has 0 unspecified atom stereocenters. The highest BCUT2D eigenvalue weighted by Crippen LogP contribution is 2.59. The zero-order chi connectivity index (χ0) is 49.4. The topological polar surface area (TPSA) is 450 Å². The molecule has 0 saturated carbocycles. The number of ketones is 1. The number of aliphatic hydroxyl groups is 3. The van der Waals surface area contributed by atoms with Gasteiger partial charge in [0.15, 0.2) is 64.0 Å². The van der Waals surface area contributed by atoms with E-state index in [0.29, 0.717) is 30.3 Å². The van der Waals surface area contributed by atoms with Crippen LogP contribution in [0.2, 0.25) is 0 Å². The van der Waals surface area contributed by atoms with Crippen molar-refractivity contribution >= 4 is 35.6 Å². The Kier molecular flexibility index (Phi) is 9.64. The monoisotopic (exact) mass is 952 g/mol. The molecule has 0 spiro atoms. The molecule has 7 atom stereocenters. The SMILES string of the molecule is O=C1O[C@H]2[C@@H]3OC(=O)c4cc(O)c(O)c(O)c4-c4c(cc(O)c(O)c4O)C(=O)OC[C@@H]2O[C@@H](OC(=O)c2cc(O)c(O)c(O)c2)[C@H]3OC(=O)c2cc(O)c(O)c3c2[C@@H]2C1=CC(=O)[C@](O)(O3)C2(O)O. The summed E-state index contributed by atoms with van der Waals surface area (Å²) in [6.45, 7) is -1.31. The highest BCUT2D eigenvalue weighted by Gasteiger charge is 2.70. The Labute approximate surface area is 373 Å².